The van der Waals surface area contributed by atoms with Crippen LogP contribution < -0.4 is 15.0 Å². The molecular weight excluding hydrogens is 340 g/mol. The van der Waals surface area contributed by atoms with Crippen molar-refractivity contribution < 1.29 is 9.53 Å². The zero-order valence-corrected chi connectivity index (χ0v) is 16.1. The molecule has 0 spiro atoms. The molecule has 1 atom stereocenters. The smallest absolute Gasteiger partial charge is 0.270 e. The number of anilines is 1. The minimum atomic E-state index is -0.168. The molecule has 6 heteroatoms. The van der Waals surface area contributed by atoms with E-state index in [1.807, 2.05) is 30.3 Å². The molecule has 0 saturated carbocycles. The van der Waals surface area contributed by atoms with Crippen LogP contribution in [0.3, 0.4) is 0 Å². The second kappa shape index (κ2) is 9.35. The number of carbonyl (C=O) groups is 1. The number of methoxy groups -OCH3 is 1. The van der Waals surface area contributed by atoms with E-state index >= 15 is 0 Å². The number of nitrogens with zero attached hydrogens (tertiary/aromatic N) is 3. The molecule has 1 aromatic heterocycles. The fourth-order valence-electron chi connectivity index (χ4n) is 3.67. The van der Waals surface area contributed by atoms with E-state index in [1.165, 1.54) is 25.6 Å². The molecule has 1 saturated heterocycles. The largest absolute Gasteiger partial charge is 0.496 e. The SMILES string of the molecule is CCC1CCCCN1c1cc(C(=O)NCCc2ccccc2OC)ncn1. The third kappa shape index (κ3) is 4.76. The van der Waals surface area contributed by atoms with Gasteiger partial charge in [-0.15, -0.1) is 0 Å². The van der Waals surface area contributed by atoms with Gasteiger partial charge in [0.15, 0.2) is 0 Å². The second-order valence-electron chi connectivity index (χ2n) is 6.83. The van der Waals surface area contributed by atoms with Crippen LogP contribution in [0.15, 0.2) is 36.7 Å². The van der Waals surface area contributed by atoms with Crippen molar-refractivity contribution in [3.05, 3.63) is 47.9 Å². The highest BCUT2D eigenvalue weighted by atomic mass is 16.5. The maximum absolute atomic E-state index is 12.5. The number of nitrogens with one attached hydrogen (secondary N) is 1. The number of carbonyl (C=O) groups excluding carboxylic acids is 1. The highest BCUT2D eigenvalue weighted by Gasteiger charge is 2.23. The molecule has 144 valence electrons. The molecule has 1 aliphatic rings. The summed E-state index contributed by atoms with van der Waals surface area (Å²) in [6.45, 7) is 3.72. The lowest BCUT2D eigenvalue weighted by molar-refractivity contribution is 0.0949. The van der Waals surface area contributed by atoms with E-state index in [9.17, 15) is 4.79 Å². The Morgan fingerprint density at radius 1 is 1.30 bits per heavy atom. The first-order chi connectivity index (χ1) is 13.2. The van der Waals surface area contributed by atoms with Gasteiger partial charge in [0, 0.05) is 25.2 Å². The molecule has 2 aromatic rings. The van der Waals surface area contributed by atoms with E-state index in [1.54, 1.807) is 7.11 Å². The zero-order chi connectivity index (χ0) is 19.1. The molecule has 2 heterocycles. The van der Waals surface area contributed by atoms with Gasteiger partial charge in [-0.1, -0.05) is 25.1 Å². The van der Waals surface area contributed by atoms with Crippen molar-refractivity contribution in [3.63, 3.8) is 0 Å². The van der Waals surface area contributed by atoms with Crippen LogP contribution in [-0.2, 0) is 6.42 Å². The number of ether oxygens (including phenoxy) is 1. The first-order valence-electron chi connectivity index (χ1n) is 9.71. The summed E-state index contributed by atoms with van der Waals surface area (Å²) in [4.78, 5) is 23.4. The van der Waals surface area contributed by atoms with Crippen molar-refractivity contribution in [2.75, 3.05) is 25.1 Å². The first-order valence-corrected chi connectivity index (χ1v) is 9.71. The van der Waals surface area contributed by atoms with Crippen molar-refractivity contribution in [1.82, 2.24) is 15.3 Å². The number of hydrogen-bond donors (Lipinski definition) is 1. The molecule has 1 N–H and O–H groups in total. The van der Waals surface area contributed by atoms with Gasteiger partial charge >= 0.3 is 0 Å². The number of piperidine rings is 1. The lowest BCUT2D eigenvalue weighted by Crippen LogP contribution is -2.40. The van der Waals surface area contributed by atoms with Crippen LogP contribution >= 0.6 is 0 Å². The van der Waals surface area contributed by atoms with Gasteiger partial charge in [-0.2, -0.15) is 0 Å². The highest BCUT2D eigenvalue weighted by molar-refractivity contribution is 5.92. The minimum absolute atomic E-state index is 0.168. The molecule has 1 aromatic carbocycles. The van der Waals surface area contributed by atoms with E-state index in [0.717, 1.165) is 30.1 Å². The Morgan fingerprint density at radius 2 is 2.15 bits per heavy atom. The summed E-state index contributed by atoms with van der Waals surface area (Å²) in [7, 11) is 1.66. The quantitative estimate of drug-likeness (QED) is 0.813. The summed E-state index contributed by atoms with van der Waals surface area (Å²) in [5.41, 5.74) is 1.49. The number of para-hydroxylation sites is 1. The average Bonchev–Trinajstić information content (AvgIpc) is 2.74. The summed E-state index contributed by atoms with van der Waals surface area (Å²) in [5, 5.41) is 2.95. The summed E-state index contributed by atoms with van der Waals surface area (Å²) in [6, 6.07) is 10.2. The Bertz CT molecular complexity index is 765. The van der Waals surface area contributed by atoms with Gasteiger partial charge in [-0.25, -0.2) is 9.97 Å². The van der Waals surface area contributed by atoms with Crippen molar-refractivity contribution in [2.45, 2.75) is 45.1 Å². The fraction of sp³-hybridized carbons (Fsp3) is 0.476. The van der Waals surface area contributed by atoms with E-state index in [0.29, 0.717) is 24.7 Å². The summed E-state index contributed by atoms with van der Waals surface area (Å²) in [6.07, 6.45) is 6.90. The molecule has 27 heavy (non-hydrogen) atoms. The van der Waals surface area contributed by atoms with Crippen molar-refractivity contribution in [2.24, 2.45) is 0 Å². The van der Waals surface area contributed by atoms with Crippen molar-refractivity contribution >= 4 is 11.7 Å². The van der Waals surface area contributed by atoms with Gasteiger partial charge in [0.2, 0.25) is 0 Å². The van der Waals surface area contributed by atoms with Gasteiger partial charge in [0.1, 0.15) is 23.6 Å². The summed E-state index contributed by atoms with van der Waals surface area (Å²) in [5.74, 6) is 1.52. The summed E-state index contributed by atoms with van der Waals surface area (Å²) >= 11 is 0. The standard InChI is InChI=1S/C21H28N4O2/c1-3-17-9-6-7-13-25(17)20-14-18(23-15-24-20)21(26)22-12-11-16-8-4-5-10-19(16)27-2/h4-5,8,10,14-15,17H,3,6-7,9,11-13H2,1-2H3,(H,22,26). The normalized spacial score (nSPS) is 16.8. The maximum Gasteiger partial charge on any atom is 0.270 e. The Kier molecular flexibility index (Phi) is 6.63. The van der Waals surface area contributed by atoms with Crippen LogP contribution in [0.5, 0.6) is 5.75 Å². The van der Waals surface area contributed by atoms with Gasteiger partial charge in [0.25, 0.3) is 5.91 Å². The van der Waals surface area contributed by atoms with Crippen LogP contribution in [0.1, 0.15) is 48.7 Å². The summed E-state index contributed by atoms with van der Waals surface area (Å²) < 4.78 is 5.35. The lowest BCUT2D eigenvalue weighted by Gasteiger charge is -2.36. The topological polar surface area (TPSA) is 67.4 Å². The number of rotatable bonds is 7. The van der Waals surface area contributed by atoms with Crippen LogP contribution in [0.25, 0.3) is 0 Å². The molecule has 3 rings (SSSR count). The number of hydrogen-bond acceptors (Lipinski definition) is 5. The fourth-order valence-corrected chi connectivity index (χ4v) is 3.67. The predicted molar refractivity (Wildman–Crippen MR) is 106 cm³/mol. The molecule has 1 fully saturated rings. The first kappa shape index (κ1) is 19.1. The molecule has 1 unspecified atom stereocenters. The van der Waals surface area contributed by atoms with E-state index in [-0.39, 0.29) is 5.91 Å². The van der Waals surface area contributed by atoms with Crippen LogP contribution in [0.2, 0.25) is 0 Å². The van der Waals surface area contributed by atoms with Crippen LogP contribution in [0.4, 0.5) is 5.82 Å². The minimum Gasteiger partial charge on any atom is -0.496 e. The van der Waals surface area contributed by atoms with Crippen molar-refractivity contribution in [3.8, 4) is 5.75 Å². The van der Waals surface area contributed by atoms with Gasteiger partial charge in [-0.05, 0) is 43.7 Å². The third-order valence-electron chi connectivity index (χ3n) is 5.15. The third-order valence-corrected chi connectivity index (χ3v) is 5.15. The molecule has 0 radical (unpaired) electrons. The molecule has 6 nitrogen and oxygen atoms in total. The van der Waals surface area contributed by atoms with E-state index < -0.39 is 0 Å². The Balaban J connectivity index is 1.62. The number of benzene rings is 1. The zero-order valence-electron chi connectivity index (χ0n) is 16.1. The monoisotopic (exact) mass is 368 g/mol. The van der Waals surface area contributed by atoms with Gasteiger partial charge in [0.05, 0.1) is 7.11 Å². The average molecular weight is 368 g/mol. The molecular formula is C21H28N4O2. The molecule has 1 amide bonds. The Morgan fingerprint density at radius 3 is 2.96 bits per heavy atom. The molecule has 0 bridgehead atoms. The number of aromatic nitrogens is 2. The van der Waals surface area contributed by atoms with Gasteiger partial charge < -0.3 is 15.0 Å². The highest BCUT2D eigenvalue weighted by Crippen LogP contribution is 2.25. The second-order valence-corrected chi connectivity index (χ2v) is 6.83. The van der Waals surface area contributed by atoms with E-state index in [4.69, 9.17) is 4.74 Å². The Labute approximate surface area is 161 Å². The van der Waals surface area contributed by atoms with Crippen LogP contribution in [0, 0.1) is 0 Å². The number of amides is 1. The van der Waals surface area contributed by atoms with Crippen LogP contribution in [-0.4, -0.2) is 42.1 Å². The molecule has 1 aliphatic heterocycles. The molecule has 0 aliphatic carbocycles. The lowest BCUT2D eigenvalue weighted by atomic mass is 10.00. The van der Waals surface area contributed by atoms with Crippen molar-refractivity contribution in [1.29, 1.82) is 0 Å². The Hall–Kier alpha value is -2.63. The predicted octanol–water partition coefficient (Wildman–Crippen LogP) is 3.23. The maximum atomic E-state index is 12.5. The van der Waals surface area contributed by atoms with E-state index in [2.05, 4.69) is 27.1 Å². The van der Waals surface area contributed by atoms with Gasteiger partial charge in [-0.3, -0.25) is 4.79 Å².